The molecule has 1 atom stereocenters. The molecule has 3 heteroatoms. The van der Waals surface area contributed by atoms with E-state index in [4.69, 9.17) is 9.47 Å². The molecule has 0 aliphatic carbocycles. The van der Waals surface area contributed by atoms with Gasteiger partial charge in [-0.1, -0.05) is 51.3 Å². The molecule has 0 aromatic heterocycles. The summed E-state index contributed by atoms with van der Waals surface area (Å²) in [5.74, 6) is 1.58. The number of carbonyl (C=O) groups excluding carboxylic acids is 1. The molecule has 0 saturated heterocycles. The van der Waals surface area contributed by atoms with E-state index in [1.807, 2.05) is 30.3 Å². The first kappa shape index (κ1) is 18.1. The van der Waals surface area contributed by atoms with Gasteiger partial charge in [0.05, 0.1) is 12.2 Å². The Kier molecular flexibility index (Phi) is 7.34. The molecule has 0 heterocycles. The maximum atomic E-state index is 12.0. The van der Waals surface area contributed by atoms with Gasteiger partial charge in [0, 0.05) is 0 Å². The van der Waals surface area contributed by atoms with Gasteiger partial charge in [-0.05, 0) is 48.7 Å². The molecule has 1 unspecified atom stereocenters. The van der Waals surface area contributed by atoms with Gasteiger partial charge in [-0.15, -0.1) is 0 Å². The normalized spacial score (nSPS) is 11.8. The number of ether oxygens (including phenoxy) is 2. The van der Waals surface area contributed by atoms with Crippen molar-refractivity contribution in [2.75, 3.05) is 6.61 Å². The van der Waals surface area contributed by atoms with E-state index in [1.165, 1.54) is 19.3 Å². The molecule has 0 fully saturated rings. The minimum atomic E-state index is -0.352. The van der Waals surface area contributed by atoms with Gasteiger partial charge in [0.1, 0.15) is 11.5 Å². The molecule has 0 N–H and O–H groups in total. The lowest BCUT2D eigenvalue weighted by molar-refractivity contribution is 0.0734. The van der Waals surface area contributed by atoms with Crippen molar-refractivity contribution in [3.05, 3.63) is 60.2 Å². The largest absolute Gasteiger partial charge is 0.493 e. The number of unbranched alkanes of at least 4 members (excludes halogenated alkanes) is 1. The summed E-state index contributed by atoms with van der Waals surface area (Å²) < 4.78 is 11.2. The third-order valence-corrected chi connectivity index (χ3v) is 4.07. The molecule has 0 radical (unpaired) electrons. The van der Waals surface area contributed by atoms with E-state index in [0.717, 1.165) is 18.8 Å². The van der Waals surface area contributed by atoms with Gasteiger partial charge in [-0.3, -0.25) is 0 Å². The number of hydrogen-bond donors (Lipinski definition) is 0. The quantitative estimate of drug-likeness (QED) is 0.451. The molecule has 2 rings (SSSR count). The third kappa shape index (κ3) is 5.73. The molecular weight excluding hydrogens is 300 g/mol. The highest BCUT2D eigenvalue weighted by molar-refractivity contribution is 5.90. The first-order chi connectivity index (χ1) is 11.7. The predicted molar refractivity (Wildman–Crippen MR) is 96.6 cm³/mol. The summed E-state index contributed by atoms with van der Waals surface area (Å²) in [7, 11) is 0. The Morgan fingerprint density at radius 3 is 2.25 bits per heavy atom. The third-order valence-electron chi connectivity index (χ3n) is 4.07. The van der Waals surface area contributed by atoms with Crippen molar-refractivity contribution in [2.24, 2.45) is 5.92 Å². The maximum Gasteiger partial charge on any atom is 0.343 e. The van der Waals surface area contributed by atoms with Crippen molar-refractivity contribution in [2.45, 2.75) is 39.5 Å². The van der Waals surface area contributed by atoms with E-state index in [2.05, 4.69) is 13.8 Å². The van der Waals surface area contributed by atoms with E-state index >= 15 is 0 Å². The summed E-state index contributed by atoms with van der Waals surface area (Å²) in [6, 6.07) is 16.2. The molecule has 0 aliphatic heterocycles. The highest BCUT2D eigenvalue weighted by atomic mass is 16.5. The molecular formula is C21H26O3. The Balaban J connectivity index is 1.85. The van der Waals surface area contributed by atoms with Crippen LogP contribution in [0.25, 0.3) is 0 Å². The highest BCUT2D eigenvalue weighted by Crippen LogP contribution is 2.21. The van der Waals surface area contributed by atoms with Gasteiger partial charge >= 0.3 is 5.97 Å². The van der Waals surface area contributed by atoms with Crippen LogP contribution in [-0.4, -0.2) is 12.6 Å². The van der Waals surface area contributed by atoms with Gasteiger partial charge in [-0.25, -0.2) is 4.79 Å². The number of esters is 1. The molecule has 2 aromatic rings. The topological polar surface area (TPSA) is 35.5 Å². The summed E-state index contributed by atoms with van der Waals surface area (Å²) in [6.07, 6.45) is 4.81. The number of hydrogen-bond acceptors (Lipinski definition) is 3. The van der Waals surface area contributed by atoms with Crippen LogP contribution in [0.15, 0.2) is 54.6 Å². The number of rotatable bonds is 9. The van der Waals surface area contributed by atoms with E-state index in [9.17, 15) is 4.79 Å². The molecule has 0 bridgehead atoms. The summed E-state index contributed by atoms with van der Waals surface area (Å²) in [4.78, 5) is 12.0. The fraction of sp³-hybridized carbons (Fsp3) is 0.381. The van der Waals surface area contributed by atoms with E-state index in [1.54, 1.807) is 24.3 Å². The monoisotopic (exact) mass is 326 g/mol. The van der Waals surface area contributed by atoms with E-state index < -0.39 is 0 Å². The predicted octanol–water partition coefficient (Wildman–Crippen LogP) is 5.50. The lowest BCUT2D eigenvalue weighted by Gasteiger charge is -2.15. The van der Waals surface area contributed by atoms with Gasteiger partial charge in [0.2, 0.25) is 0 Å². The standard InChI is InChI=1S/C21H26O3/c1-3-5-9-17(4-2)16-23-19-12-14-20(15-13-19)24-21(22)18-10-7-6-8-11-18/h6-8,10-15,17H,3-5,9,16H2,1-2H3. The number of benzene rings is 2. The fourth-order valence-electron chi connectivity index (χ4n) is 2.46. The van der Waals surface area contributed by atoms with Crippen LogP contribution < -0.4 is 9.47 Å². The SMILES string of the molecule is CCCCC(CC)COc1ccc(OC(=O)c2ccccc2)cc1. The Bertz CT molecular complexity index is 605. The molecule has 0 aliphatic rings. The minimum Gasteiger partial charge on any atom is -0.493 e. The molecule has 3 nitrogen and oxygen atoms in total. The maximum absolute atomic E-state index is 12.0. The Morgan fingerprint density at radius 1 is 0.958 bits per heavy atom. The van der Waals surface area contributed by atoms with Crippen LogP contribution in [0.3, 0.4) is 0 Å². The van der Waals surface area contributed by atoms with Crippen LogP contribution >= 0.6 is 0 Å². The van der Waals surface area contributed by atoms with Crippen LogP contribution in [0.2, 0.25) is 0 Å². The number of carbonyl (C=O) groups is 1. The van der Waals surface area contributed by atoms with Crippen LogP contribution in [-0.2, 0) is 0 Å². The first-order valence-corrected chi connectivity index (χ1v) is 8.73. The summed E-state index contributed by atoms with van der Waals surface area (Å²) in [6.45, 7) is 5.15. The van der Waals surface area contributed by atoms with Crippen LogP contribution in [0, 0.1) is 5.92 Å². The van der Waals surface area contributed by atoms with Crippen molar-refractivity contribution >= 4 is 5.97 Å². The van der Waals surface area contributed by atoms with Crippen LogP contribution in [0.5, 0.6) is 11.5 Å². The fourth-order valence-corrected chi connectivity index (χ4v) is 2.46. The van der Waals surface area contributed by atoms with Crippen molar-refractivity contribution in [1.29, 1.82) is 0 Å². The average molecular weight is 326 g/mol. The lowest BCUT2D eigenvalue weighted by Crippen LogP contribution is -2.11. The zero-order valence-corrected chi connectivity index (χ0v) is 14.5. The van der Waals surface area contributed by atoms with Crippen LogP contribution in [0.1, 0.15) is 49.9 Å². The van der Waals surface area contributed by atoms with Gasteiger partial charge in [-0.2, -0.15) is 0 Å². The Morgan fingerprint density at radius 2 is 1.62 bits per heavy atom. The lowest BCUT2D eigenvalue weighted by atomic mass is 10.0. The first-order valence-electron chi connectivity index (χ1n) is 8.73. The second-order valence-electron chi connectivity index (χ2n) is 5.95. The van der Waals surface area contributed by atoms with Crippen molar-refractivity contribution < 1.29 is 14.3 Å². The molecule has 0 spiro atoms. The molecule has 0 saturated carbocycles. The Labute approximate surface area is 144 Å². The summed E-state index contributed by atoms with van der Waals surface area (Å²) in [5.41, 5.74) is 0.541. The summed E-state index contributed by atoms with van der Waals surface area (Å²) in [5, 5.41) is 0. The van der Waals surface area contributed by atoms with Gasteiger partial charge < -0.3 is 9.47 Å². The second-order valence-corrected chi connectivity index (χ2v) is 5.95. The van der Waals surface area contributed by atoms with Crippen molar-refractivity contribution in [3.63, 3.8) is 0 Å². The van der Waals surface area contributed by atoms with E-state index in [0.29, 0.717) is 17.2 Å². The average Bonchev–Trinajstić information content (AvgIpc) is 2.64. The Hall–Kier alpha value is -2.29. The van der Waals surface area contributed by atoms with Gasteiger partial charge in [0.15, 0.2) is 0 Å². The highest BCUT2D eigenvalue weighted by Gasteiger charge is 2.09. The molecule has 128 valence electrons. The summed E-state index contributed by atoms with van der Waals surface area (Å²) >= 11 is 0. The van der Waals surface area contributed by atoms with Crippen LogP contribution in [0.4, 0.5) is 0 Å². The molecule has 2 aromatic carbocycles. The second kappa shape index (κ2) is 9.76. The zero-order chi connectivity index (χ0) is 17.2. The molecule has 0 amide bonds. The zero-order valence-electron chi connectivity index (χ0n) is 14.5. The molecule has 24 heavy (non-hydrogen) atoms. The van der Waals surface area contributed by atoms with Crippen molar-refractivity contribution in [1.82, 2.24) is 0 Å². The van der Waals surface area contributed by atoms with E-state index in [-0.39, 0.29) is 5.97 Å². The smallest absolute Gasteiger partial charge is 0.343 e. The van der Waals surface area contributed by atoms with Crippen molar-refractivity contribution in [3.8, 4) is 11.5 Å². The van der Waals surface area contributed by atoms with Gasteiger partial charge in [0.25, 0.3) is 0 Å². The minimum absolute atomic E-state index is 0.352.